The molecule has 0 saturated heterocycles. The molecule has 0 spiro atoms. The molecular formula is C13H17NO2. The number of rotatable bonds is 3. The second-order valence-electron chi connectivity index (χ2n) is 4.36. The summed E-state index contributed by atoms with van der Waals surface area (Å²) < 4.78 is 4.83. The highest BCUT2D eigenvalue weighted by Gasteiger charge is 2.29. The predicted octanol–water partition coefficient (Wildman–Crippen LogP) is 1.68. The minimum absolute atomic E-state index is 0.0453. The molecule has 3 nitrogen and oxygen atoms in total. The molecule has 16 heavy (non-hydrogen) atoms. The standard InChI is InChI=1S/C13H17NO2/c1-9-7-10-5-3-4-6-11(10)13(9)14-12(15)8-16-2/h3-6,9,13H,7-8H2,1-2H3,(H,14,15)/t9?,13-/m0/s1. The fourth-order valence-corrected chi connectivity index (χ4v) is 2.36. The largest absolute Gasteiger partial charge is 0.375 e. The lowest BCUT2D eigenvalue weighted by molar-refractivity contribution is -0.125. The first-order valence-electron chi connectivity index (χ1n) is 5.58. The molecule has 0 fully saturated rings. The number of hydrogen-bond acceptors (Lipinski definition) is 2. The van der Waals surface area contributed by atoms with Gasteiger partial charge in [-0.2, -0.15) is 0 Å². The van der Waals surface area contributed by atoms with Gasteiger partial charge < -0.3 is 10.1 Å². The van der Waals surface area contributed by atoms with Gasteiger partial charge in [0.1, 0.15) is 6.61 Å². The van der Waals surface area contributed by atoms with Crippen molar-refractivity contribution in [2.45, 2.75) is 19.4 Å². The number of carbonyl (C=O) groups excluding carboxylic acids is 1. The van der Waals surface area contributed by atoms with Gasteiger partial charge in [0.15, 0.2) is 0 Å². The number of fused-ring (bicyclic) bond motifs is 1. The molecule has 0 heterocycles. The Bertz CT molecular complexity index is 389. The molecule has 1 aliphatic carbocycles. The van der Waals surface area contributed by atoms with E-state index in [1.807, 2.05) is 12.1 Å². The van der Waals surface area contributed by atoms with Crippen LogP contribution in [0.25, 0.3) is 0 Å². The third-order valence-corrected chi connectivity index (χ3v) is 3.09. The third-order valence-electron chi connectivity index (χ3n) is 3.09. The Morgan fingerprint density at radius 3 is 3.00 bits per heavy atom. The van der Waals surface area contributed by atoms with Crippen molar-refractivity contribution in [2.75, 3.05) is 13.7 Å². The summed E-state index contributed by atoms with van der Waals surface area (Å²) in [6.45, 7) is 2.29. The SMILES string of the molecule is COCC(=O)N[C@@H]1c2ccccc2CC1C. The molecule has 0 aromatic heterocycles. The number of nitrogens with one attached hydrogen (secondary N) is 1. The van der Waals surface area contributed by atoms with E-state index >= 15 is 0 Å². The van der Waals surface area contributed by atoms with E-state index in [-0.39, 0.29) is 18.6 Å². The first-order chi connectivity index (χ1) is 7.72. The van der Waals surface area contributed by atoms with Gasteiger partial charge in [-0.3, -0.25) is 4.79 Å². The normalized spacial score (nSPS) is 22.9. The van der Waals surface area contributed by atoms with Crippen LogP contribution in [0.5, 0.6) is 0 Å². The lowest BCUT2D eigenvalue weighted by Gasteiger charge is -2.18. The van der Waals surface area contributed by atoms with Crippen molar-refractivity contribution < 1.29 is 9.53 Å². The van der Waals surface area contributed by atoms with E-state index in [1.54, 1.807) is 0 Å². The molecule has 1 aromatic carbocycles. The second kappa shape index (κ2) is 4.66. The van der Waals surface area contributed by atoms with Crippen molar-refractivity contribution in [3.63, 3.8) is 0 Å². The summed E-state index contributed by atoms with van der Waals surface area (Å²) in [5, 5.41) is 3.02. The lowest BCUT2D eigenvalue weighted by Crippen LogP contribution is -2.33. The van der Waals surface area contributed by atoms with Crippen LogP contribution < -0.4 is 5.32 Å². The highest BCUT2D eigenvalue weighted by atomic mass is 16.5. The van der Waals surface area contributed by atoms with Gasteiger partial charge in [0.2, 0.25) is 5.91 Å². The number of amides is 1. The van der Waals surface area contributed by atoms with Crippen molar-refractivity contribution in [3.8, 4) is 0 Å². The summed E-state index contributed by atoms with van der Waals surface area (Å²) >= 11 is 0. The van der Waals surface area contributed by atoms with Crippen LogP contribution in [0.4, 0.5) is 0 Å². The second-order valence-corrected chi connectivity index (χ2v) is 4.36. The average molecular weight is 219 g/mol. The molecule has 1 unspecified atom stereocenters. The van der Waals surface area contributed by atoms with Crippen LogP contribution in [-0.2, 0) is 16.0 Å². The average Bonchev–Trinajstić information content (AvgIpc) is 2.56. The van der Waals surface area contributed by atoms with Gasteiger partial charge >= 0.3 is 0 Å². The molecule has 1 N–H and O–H groups in total. The van der Waals surface area contributed by atoms with Crippen molar-refractivity contribution in [2.24, 2.45) is 5.92 Å². The predicted molar refractivity (Wildman–Crippen MR) is 62.1 cm³/mol. The molecule has 2 atom stereocenters. The molecule has 1 aliphatic rings. The smallest absolute Gasteiger partial charge is 0.246 e. The molecule has 0 bridgehead atoms. The minimum Gasteiger partial charge on any atom is -0.375 e. The maximum Gasteiger partial charge on any atom is 0.246 e. The van der Waals surface area contributed by atoms with E-state index in [4.69, 9.17) is 4.74 Å². The summed E-state index contributed by atoms with van der Waals surface area (Å²) in [5.74, 6) is 0.411. The number of ether oxygens (including phenoxy) is 1. The molecule has 0 radical (unpaired) electrons. The topological polar surface area (TPSA) is 38.3 Å². The summed E-state index contributed by atoms with van der Waals surface area (Å²) in [6.07, 6.45) is 1.04. The number of benzene rings is 1. The number of carbonyl (C=O) groups is 1. The lowest BCUT2D eigenvalue weighted by atomic mass is 10.0. The Morgan fingerprint density at radius 1 is 1.50 bits per heavy atom. The van der Waals surface area contributed by atoms with E-state index < -0.39 is 0 Å². The Labute approximate surface area is 95.8 Å². The van der Waals surface area contributed by atoms with Crippen LogP contribution in [0.2, 0.25) is 0 Å². The summed E-state index contributed by atoms with van der Waals surface area (Å²) in [5.41, 5.74) is 2.59. The maximum atomic E-state index is 11.5. The van der Waals surface area contributed by atoms with E-state index in [0.717, 1.165) is 6.42 Å². The zero-order valence-corrected chi connectivity index (χ0v) is 9.69. The molecule has 1 amide bonds. The highest BCUT2D eigenvalue weighted by molar-refractivity contribution is 5.77. The summed E-state index contributed by atoms with van der Waals surface area (Å²) in [7, 11) is 1.53. The van der Waals surface area contributed by atoms with Gasteiger partial charge in [0.25, 0.3) is 0 Å². The first-order valence-corrected chi connectivity index (χ1v) is 5.58. The van der Waals surface area contributed by atoms with Crippen LogP contribution in [0.15, 0.2) is 24.3 Å². The number of methoxy groups -OCH3 is 1. The molecule has 86 valence electrons. The Balaban J connectivity index is 2.13. The molecular weight excluding hydrogens is 202 g/mol. The van der Waals surface area contributed by atoms with Crippen LogP contribution in [0.1, 0.15) is 24.1 Å². The third kappa shape index (κ3) is 2.09. The van der Waals surface area contributed by atoms with E-state index in [9.17, 15) is 4.79 Å². The van der Waals surface area contributed by atoms with Crippen LogP contribution in [-0.4, -0.2) is 19.6 Å². The van der Waals surface area contributed by atoms with Gasteiger partial charge in [-0.05, 0) is 23.5 Å². The Morgan fingerprint density at radius 2 is 2.25 bits per heavy atom. The molecule has 1 aromatic rings. The zero-order chi connectivity index (χ0) is 11.5. The monoisotopic (exact) mass is 219 g/mol. The van der Waals surface area contributed by atoms with Crippen LogP contribution in [0, 0.1) is 5.92 Å². The van der Waals surface area contributed by atoms with E-state index in [0.29, 0.717) is 5.92 Å². The number of hydrogen-bond donors (Lipinski definition) is 1. The summed E-state index contributed by atoms with van der Waals surface area (Å²) in [6, 6.07) is 8.43. The van der Waals surface area contributed by atoms with Gasteiger partial charge in [-0.1, -0.05) is 31.2 Å². The first kappa shape index (κ1) is 11.1. The van der Waals surface area contributed by atoms with Crippen molar-refractivity contribution in [1.82, 2.24) is 5.32 Å². The van der Waals surface area contributed by atoms with Crippen molar-refractivity contribution in [1.29, 1.82) is 0 Å². The van der Waals surface area contributed by atoms with Crippen LogP contribution in [0.3, 0.4) is 0 Å². The highest BCUT2D eigenvalue weighted by Crippen LogP contribution is 2.35. The Kier molecular flexibility index (Phi) is 3.25. The molecule has 0 aliphatic heterocycles. The summed E-state index contributed by atoms with van der Waals surface area (Å²) in [4.78, 5) is 11.5. The molecule has 0 saturated carbocycles. The van der Waals surface area contributed by atoms with Crippen LogP contribution >= 0.6 is 0 Å². The van der Waals surface area contributed by atoms with Crippen molar-refractivity contribution >= 4 is 5.91 Å². The molecule has 3 heteroatoms. The van der Waals surface area contributed by atoms with Gasteiger partial charge in [-0.15, -0.1) is 0 Å². The molecule has 2 rings (SSSR count). The van der Waals surface area contributed by atoms with Gasteiger partial charge in [0, 0.05) is 7.11 Å². The quantitative estimate of drug-likeness (QED) is 0.840. The minimum atomic E-state index is -0.0453. The van der Waals surface area contributed by atoms with Crippen molar-refractivity contribution in [3.05, 3.63) is 35.4 Å². The van der Waals surface area contributed by atoms with Gasteiger partial charge in [-0.25, -0.2) is 0 Å². The fraction of sp³-hybridized carbons (Fsp3) is 0.462. The Hall–Kier alpha value is -1.35. The maximum absolute atomic E-state index is 11.5. The zero-order valence-electron chi connectivity index (χ0n) is 9.69. The van der Waals surface area contributed by atoms with E-state index in [2.05, 4.69) is 24.4 Å². The fourth-order valence-electron chi connectivity index (χ4n) is 2.36. The van der Waals surface area contributed by atoms with E-state index in [1.165, 1.54) is 18.2 Å². The van der Waals surface area contributed by atoms with Gasteiger partial charge in [0.05, 0.1) is 6.04 Å².